The molecule has 29 heavy (non-hydrogen) atoms. The van der Waals surface area contributed by atoms with Gasteiger partial charge in [-0.2, -0.15) is 0 Å². The van der Waals surface area contributed by atoms with E-state index >= 15 is 0 Å². The van der Waals surface area contributed by atoms with Crippen LogP contribution in [0.5, 0.6) is 0 Å². The third-order valence-electron chi connectivity index (χ3n) is 8.36. The third kappa shape index (κ3) is 2.66. The highest BCUT2D eigenvalue weighted by molar-refractivity contribution is 6.01. The maximum atomic E-state index is 13.0. The second-order valence-electron chi connectivity index (χ2n) is 9.75. The van der Waals surface area contributed by atoms with Gasteiger partial charge in [-0.3, -0.25) is 14.4 Å². The number of allylic oxidation sites excluding steroid dienone is 6. The largest absolute Gasteiger partial charge is 0.458 e. The van der Waals surface area contributed by atoms with Crippen molar-refractivity contribution in [2.45, 2.75) is 59.0 Å². The molecule has 0 saturated heterocycles. The van der Waals surface area contributed by atoms with Crippen LogP contribution in [0.3, 0.4) is 0 Å². The summed E-state index contributed by atoms with van der Waals surface area (Å²) in [6.07, 6.45) is 10.8. The topological polar surface area (TPSA) is 80.7 Å². The Bertz CT molecular complexity index is 880. The van der Waals surface area contributed by atoms with Crippen LogP contribution in [-0.2, 0) is 19.1 Å². The second-order valence-corrected chi connectivity index (χ2v) is 9.75. The zero-order valence-electron chi connectivity index (χ0n) is 17.7. The Balaban J connectivity index is 1.71. The van der Waals surface area contributed by atoms with Gasteiger partial charge >= 0.3 is 5.97 Å². The molecule has 0 spiro atoms. The number of esters is 1. The van der Waals surface area contributed by atoms with Crippen LogP contribution in [-0.4, -0.2) is 34.9 Å². The molecule has 0 aliphatic heterocycles. The molecule has 4 rings (SSSR count). The minimum atomic E-state index is -1.51. The molecule has 0 unspecified atom stereocenters. The molecule has 5 heteroatoms. The highest BCUT2D eigenvalue weighted by Crippen LogP contribution is 2.66. The number of rotatable bonds is 3. The normalized spacial score (nSPS) is 42.9. The molecular formula is C24H30O5. The lowest BCUT2D eigenvalue weighted by molar-refractivity contribution is -0.167. The van der Waals surface area contributed by atoms with Gasteiger partial charge in [0.05, 0.1) is 0 Å². The summed E-state index contributed by atoms with van der Waals surface area (Å²) in [5, 5.41) is 11.7. The van der Waals surface area contributed by atoms with Crippen molar-refractivity contribution in [1.29, 1.82) is 0 Å². The van der Waals surface area contributed by atoms with Gasteiger partial charge in [0.25, 0.3) is 0 Å². The summed E-state index contributed by atoms with van der Waals surface area (Å²) in [5.74, 6) is -0.621. The van der Waals surface area contributed by atoms with Crippen LogP contribution in [0, 0.1) is 28.6 Å². The van der Waals surface area contributed by atoms with E-state index in [2.05, 4.69) is 13.0 Å². The Kier molecular flexibility index (Phi) is 4.54. The van der Waals surface area contributed by atoms with Crippen molar-refractivity contribution in [3.8, 4) is 0 Å². The Morgan fingerprint density at radius 1 is 1.31 bits per heavy atom. The van der Waals surface area contributed by atoms with E-state index in [0.29, 0.717) is 6.42 Å². The first-order chi connectivity index (χ1) is 13.5. The summed E-state index contributed by atoms with van der Waals surface area (Å²) in [7, 11) is 0. The summed E-state index contributed by atoms with van der Waals surface area (Å²) in [6.45, 7) is 7.03. The third-order valence-corrected chi connectivity index (χ3v) is 8.36. The van der Waals surface area contributed by atoms with E-state index in [9.17, 15) is 19.5 Å². The fraction of sp³-hybridized carbons (Fsp3) is 0.625. The molecule has 0 aromatic rings. The first-order valence-electron chi connectivity index (χ1n) is 10.6. The zero-order chi connectivity index (χ0) is 21.2. The van der Waals surface area contributed by atoms with Crippen molar-refractivity contribution < 1.29 is 24.2 Å². The van der Waals surface area contributed by atoms with Gasteiger partial charge in [-0.05, 0) is 62.5 Å². The fourth-order valence-corrected chi connectivity index (χ4v) is 6.74. The van der Waals surface area contributed by atoms with Crippen LogP contribution in [0.15, 0.2) is 35.5 Å². The average molecular weight is 398 g/mol. The quantitative estimate of drug-likeness (QED) is 0.583. The van der Waals surface area contributed by atoms with Crippen LogP contribution < -0.4 is 0 Å². The van der Waals surface area contributed by atoms with Crippen LogP contribution >= 0.6 is 0 Å². The number of carbonyl (C=O) groups excluding carboxylic acids is 3. The van der Waals surface area contributed by atoms with Gasteiger partial charge in [0, 0.05) is 17.8 Å². The van der Waals surface area contributed by atoms with Gasteiger partial charge in [0.1, 0.15) is 5.60 Å². The molecule has 6 atom stereocenters. The lowest BCUT2D eigenvalue weighted by Gasteiger charge is -2.53. The van der Waals surface area contributed by atoms with Gasteiger partial charge in [-0.15, -0.1) is 0 Å². The highest BCUT2D eigenvalue weighted by Gasteiger charge is 2.67. The van der Waals surface area contributed by atoms with Crippen molar-refractivity contribution in [3.63, 3.8) is 0 Å². The summed E-state index contributed by atoms with van der Waals surface area (Å²) < 4.78 is 4.95. The van der Waals surface area contributed by atoms with E-state index in [1.165, 1.54) is 18.1 Å². The van der Waals surface area contributed by atoms with E-state index in [1.807, 2.05) is 19.9 Å². The number of aliphatic hydroxyl groups is 1. The van der Waals surface area contributed by atoms with Gasteiger partial charge in [0.2, 0.25) is 5.78 Å². The lowest BCUT2D eigenvalue weighted by atomic mass is 9.51. The Morgan fingerprint density at radius 3 is 2.72 bits per heavy atom. The molecular weight excluding hydrogens is 368 g/mol. The van der Waals surface area contributed by atoms with Crippen LogP contribution in [0.25, 0.3) is 0 Å². The monoisotopic (exact) mass is 398 g/mol. The minimum absolute atomic E-state index is 0.0529. The van der Waals surface area contributed by atoms with E-state index in [0.717, 1.165) is 19.3 Å². The maximum absolute atomic E-state index is 13.0. The number of Topliss-reactive ketones (excluding diaryl/α,β-unsaturated/α-hetero) is 1. The molecule has 2 saturated carbocycles. The molecule has 0 radical (unpaired) electrons. The van der Waals surface area contributed by atoms with Gasteiger partial charge < -0.3 is 9.84 Å². The molecule has 1 N–H and O–H groups in total. The number of fused-ring (bicyclic) bond motifs is 5. The predicted octanol–water partition coefficient (Wildman–Crippen LogP) is 3.32. The summed E-state index contributed by atoms with van der Waals surface area (Å²) in [4.78, 5) is 36.1. The second kappa shape index (κ2) is 6.49. The number of hydrogen-bond donors (Lipinski definition) is 1. The predicted molar refractivity (Wildman–Crippen MR) is 108 cm³/mol. The van der Waals surface area contributed by atoms with Gasteiger partial charge in [-0.25, -0.2) is 0 Å². The smallest absolute Gasteiger partial charge is 0.303 e. The highest BCUT2D eigenvalue weighted by atomic mass is 16.5. The number of ketones is 2. The van der Waals surface area contributed by atoms with Crippen molar-refractivity contribution in [2.75, 3.05) is 6.61 Å². The zero-order valence-corrected chi connectivity index (χ0v) is 17.7. The van der Waals surface area contributed by atoms with E-state index in [4.69, 9.17) is 4.74 Å². The number of ether oxygens (including phenoxy) is 1. The Hall–Kier alpha value is -2.01. The van der Waals surface area contributed by atoms with Crippen molar-refractivity contribution in [1.82, 2.24) is 0 Å². The molecule has 0 heterocycles. The van der Waals surface area contributed by atoms with Gasteiger partial charge in [-0.1, -0.05) is 37.1 Å². The molecule has 0 aromatic heterocycles. The average Bonchev–Trinajstić information content (AvgIpc) is 2.88. The van der Waals surface area contributed by atoms with Crippen LogP contribution in [0.1, 0.15) is 53.4 Å². The standard InChI is InChI=1S/C24H30O5/c1-14-11-20-18-6-5-16-12-17(26)7-9-22(16,3)19(18)8-10-23(20,4)24(14,28)21(27)13-29-15(2)25/h7-9,12,14,18,20,28H,5-6,10-11,13H2,1-4H3/t14-,18+,20+,22+,23-,24-/m0/s1. The van der Waals surface area contributed by atoms with Crippen LogP contribution in [0.4, 0.5) is 0 Å². The SMILES string of the molecule is CC(=O)OCC(=O)[C@@]1(O)[C@@H](C)C[C@@H]2[C@@H]3CCC4=CC(=O)C=C[C@@]4(C)C3=CC[C@@]21C. The molecule has 0 amide bonds. The molecule has 5 nitrogen and oxygen atoms in total. The Morgan fingerprint density at radius 2 is 2.03 bits per heavy atom. The summed E-state index contributed by atoms with van der Waals surface area (Å²) in [6, 6.07) is 0. The summed E-state index contributed by atoms with van der Waals surface area (Å²) >= 11 is 0. The Labute approximate surface area is 171 Å². The molecule has 156 valence electrons. The van der Waals surface area contributed by atoms with Crippen molar-refractivity contribution >= 4 is 17.5 Å². The van der Waals surface area contributed by atoms with Crippen molar-refractivity contribution in [2.24, 2.45) is 28.6 Å². The van der Waals surface area contributed by atoms with E-state index in [-0.39, 0.29) is 35.6 Å². The minimum Gasteiger partial charge on any atom is -0.458 e. The fourth-order valence-electron chi connectivity index (χ4n) is 6.74. The number of hydrogen-bond acceptors (Lipinski definition) is 5. The first-order valence-corrected chi connectivity index (χ1v) is 10.6. The molecule has 0 aromatic carbocycles. The van der Waals surface area contributed by atoms with Crippen molar-refractivity contribution in [3.05, 3.63) is 35.5 Å². The molecule has 4 aliphatic carbocycles. The first kappa shape index (κ1) is 20.3. The molecule has 4 aliphatic rings. The van der Waals surface area contributed by atoms with E-state index < -0.39 is 22.8 Å². The summed E-state index contributed by atoms with van der Waals surface area (Å²) in [5.41, 5.74) is 0.145. The lowest BCUT2D eigenvalue weighted by Crippen LogP contribution is -2.57. The maximum Gasteiger partial charge on any atom is 0.303 e. The van der Waals surface area contributed by atoms with Gasteiger partial charge in [0.15, 0.2) is 12.4 Å². The molecule has 0 bridgehead atoms. The number of carbonyl (C=O) groups is 3. The van der Waals surface area contributed by atoms with Crippen LogP contribution in [0.2, 0.25) is 0 Å². The molecule has 2 fully saturated rings. The van der Waals surface area contributed by atoms with E-state index in [1.54, 1.807) is 12.2 Å².